The summed E-state index contributed by atoms with van der Waals surface area (Å²) >= 11 is 0. The molecule has 0 bridgehead atoms. The van der Waals surface area contributed by atoms with Crippen LogP contribution in [0.3, 0.4) is 0 Å². The van der Waals surface area contributed by atoms with Gasteiger partial charge in [-0.2, -0.15) is 0 Å². The Morgan fingerprint density at radius 1 is 0.410 bits per heavy atom. The number of ether oxygens (including phenoxy) is 1. The summed E-state index contributed by atoms with van der Waals surface area (Å²) in [5.74, 6) is 0.0235. The fourth-order valence-electron chi connectivity index (χ4n) is 5.43. The summed E-state index contributed by atoms with van der Waals surface area (Å²) in [6, 6.07) is 0. The van der Waals surface area contributed by atoms with Gasteiger partial charge >= 0.3 is 5.97 Å². The van der Waals surface area contributed by atoms with Crippen molar-refractivity contribution in [2.45, 2.75) is 213 Å². The van der Waals surface area contributed by atoms with E-state index in [0.29, 0.717) is 13.0 Å². The van der Waals surface area contributed by atoms with Crippen molar-refractivity contribution in [3.8, 4) is 0 Å². The summed E-state index contributed by atoms with van der Waals surface area (Å²) in [5, 5.41) is 0. The van der Waals surface area contributed by atoms with Gasteiger partial charge in [-0.3, -0.25) is 4.79 Å². The smallest absolute Gasteiger partial charge is 0.305 e. The molecule has 0 aliphatic heterocycles. The zero-order valence-electron chi connectivity index (χ0n) is 27.1. The Morgan fingerprint density at radius 2 is 0.718 bits per heavy atom. The van der Waals surface area contributed by atoms with Gasteiger partial charge in [0.2, 0.25) is 0 Å². The van der Waals surface area contributed by atoms with E-state index >= 15 is 0 Å². The van der Waals surface area contributed by atoms with Crippen LogP contribution in [0, 0.1) is 0 Å². The van der Waals surface area contributed by atoms with E-state index in [1.165, 1.54) is 180 Å². The van der Waals surface area contributed by atoms with E-state index < -0.39 is 0 Å². The molecule has 0 atom stereocenters. The molecule has 2 heteroatoms. The third-order valence-corrected chi connectivity index (χ3v) is 8.15. The van der Waals surface area contributed by atoms with Crippen molar-refractivity contribution in [2.75, 3.05) is 6.61 Å². The van der Waals surface area contributed by atoms with Gasteiger partial charge in [-0.15, -0.1) is 0 Å². The van der Waals surface area contributed by atoms with E-state index in [4.69, 9.17) is 4.74 Å². The van der Waals surface area contributed by atoms with Gasteiger partial charge in [-0.1, -0.05) is 180 Å². The zero-order chi connectivity index (χ0) is 28.3. The molecule has 232 valence electrons. The number of carbonyl (C=O) groups excluding carboxylic acids is 1. The second kappa shape index (κ2) is 35.2. The molecule has 0 spiro atoms. The Morgan fingerprint density at radius 3 is 1.13 bits per heavy atom. The Bertz CT molecular complexity index is 484. The molecule has 0 saturated heterocycles. The lowest BCUT2D eigenvalue weighted by Gasteiger charge is -2.06. The topological polar surface area (TPSA) is 26.3 Å². The quantitative estimate of drug-likeness (QED) is 0.0463. The van der Waals surface area contributed by atoms with Gasteiger partial charge < -0.3 is 4.74 Å². The molecule has 0 N–H and O–H groups in total. The molecular weight excluding hydrogens is 476 g/mol. The van der Waals surface area contributed by atoms with Crippen LogP contribution in [-0.2, 0) is 9.53 Å². The fraction of sp³-hybridized carbons (Fsp3) is 0.919. The van der Waals surface area contributed by atoms with Crippen LogP contribution in [0.2, 0.25) is 0 Å². The molecule has 0 aliphatic carbocycles. The van der Waals surface area contributed by atoms with Crippen molar-refractivity contribution >= 4 is 5.97 Å². The second-order valence-electron chi connectivity index (χ2n) is 12.2. The zero-order valence-corrected chi connectivity index (χ0v) is 27.1. The average Bonchev–Trinajstić information content (AvgIpc) is 2.94. The van der Waals surface area contributed by atoms with Crippen LogP contribution in [0.5, 0.6) is 0 Å². The molecule has 0 fully saturated rings. The van der Waals surface area contributed by atoms with Crippen molar-refractivity contribution in [2.24, 2.45) is 0 Å². The lowest BCUT2D eigenvalue weighted by atomic mass is 10.0. The SMILES string of the molecule is CCCCCCC=CCCCCCCCCCCCC(=O)OCCCCCCCCCCCCCCCCC. The highest BCUT2D eigenvalue weighted by Gasteiger charge is 2.02. The Balaban J connectivity index is 3.17. The van der Waals surface area contributed by atoms with E-state index in [0.717, 1.165) is 12.8 Å². The molecule has 2 nitrogen and oxygen atoms in total. The molecular formula is C37H72O2. The fourth-order valence-corrected chi connectivity index (χ4v) is 5.43. The maximum absolute atomic E-state index is 11.9. The monoisotopic (exact) mass is 549 g/mol. The van der Waals surface area contributed by atoms with E-state index in [2.05, 4.69) is 26.0 Å². The van der Waals surface area contributed by atoms with E-state index in [1.54, 1.807) is 0 Å². The second-order valence-corrected chi connectivity index (χ2v) is 12.2. The highest BCUT2D eigenvalue weighted by Crippen LogP contribution is 2.14. The molecule has 0 aromatic heterocycles. The largest absolute Gasteiger partial charge is 0.466 e. The van der Waals surface area contributed by atoms with E-state index in [9.17, 15) is 4.79 Å². The highest BCUT2D eigenvalue weighted by molar-refractivity contribution is 5.69. The predicted molar refractivity (Wildman–Crippen MR) is 175 cm³/mol. The summed E-state index contributed by atoms with van der Waals surface area (Å²) < 4.78 is 5.44. The molecule has 0 unspecified atom stereocenters. The van der Waals surface area contributed by atoms with Crippen LogP contribution in [0.1, 0.15) is 213 Å². The standard InChI is InChI=1S/C37H72O2/c1-3-5-7-9-11-13-15-17-19-20-21-23-25-27-29-31-33-35-37(38)39-36-34-32-30-28-26-24-22-18-16-14-12-10-8-6-4-2/h13,15H,3-12,14,16-36H2,1-2H3. The third-order valence-electron chi connectivity index (χ3n) is 8.15. The number of esters is 1. The number of unbranched alkanes of at least 4 members (excludes halogenated alkanes) is 27. The number of hydrogen-bond acceptors (Lipinski definition) is 2. The molecule has 0 heterocycles. The van der Waals surface area contributed by atoms with Crippen LogP contribution in [-0.4, -0.2) is 12.6 Å². The summed E-state index contributed by atoms with van der Waals surface area (Å²) in [6.07, 6.45) is 45.6. The summed E-state index contributed by atoms with van der Waals surface area (Å²) in [6.45, 7) is 5.19. The van der Waals surface area contributed by atoms with Gasteiger partial charge in [-0.25, -0.2) is 0 Å². The first-order valence-corrected chi connectivity index (χ1v) is 18.1. The molecule has 39 heavy (non-hydrogen) atoms. The minimum absolute atomic E-state index is 0.0235. The molecule has 0 rings (SSSR count). The van der Waals surface area contributed by atoms with Gasteiger partial charge in [0.1, 0.15) is 0 Å². The van der Waals surface area contributed by atoms with E-state index in [-0.39, 0.29) is 5.97 Å². The number of hydrogen-bond donors (Lipinski definition) is 0. The van der Waals surface area contributed by atoms with Crippen LogP contribution in [0.25, 0.3) is 0 Å². The van der Waals surface area contributed by atoms with Gasteiger partial charge in [0, 0.05) is 6.42 Å². The average molecular weight is 549 g/mol. The van der Waals surface area contributed by atoms with E-state index in [1.807, 2.05) is 0 Å². The number of carbonyl (C=O) groups is 1. The van der Waals surface area contributed by atoms with Gasteiger partial charge in [0.25, 0.3) is 0 Å². The first-order valence-electron chi connectivity index (χ1n) is 18.1. The summed E-state index contributed by atoms with van der Waals surface area (Å²) in [4.78, 5) is 11.9. The van der Waals surface area contributed by atoms with Crippen molar-refractivity contribution in [3.63, 3.8) is 0 Å². The maximum Gasteiger partial charge on any atom is 0.305 e. The number of rotatable bonds is 33. The van der Waals surface area contributed by atoms with Crippen LogP contribution in [0.15, 0.2) is 12.2 Å². The van der Waals surface area contributed by atoms with Crippen molar-refractivity contribution in [1.29, 1.82) is 0 Å². The molecule has 0 aliphatic rings. The molecule has 0 amide bonds. The Hall–Kier alpha value is -0.790. The highest BCUT2D eigenvalue weighted by atomic mass is 16.5. The predicted octanol–water partition coefficient (Wildman–Crippen LogP) is 13.2. The van der Waals surface area contributed by atoms with Crippen molar-refractivity contribution in [3.05, 3.63) is 12.2 Å². The van der Waals surface area contributed by atoms with Crippen LogP contribution in [0.4, 0.5) is 0 Å². The number of allylic oxidation sites excluding steroid dienone is 2. The van der Waals surface area contributed by atoms with Crippen LogP contribution >= 0.6 is 0 Å². The molecule has 0 saturated carbocycles. The third kappa shape index (κ3) is 35.2. The molecule has 0 aromatic carbocycles. The van der Waals surface area contributed by atoms with Gasteiger partial charge in [0.05, 0.1) is 6.61 Å². The maximum atomic E-state index is 11.9. The van der Waals surface area contributed by atoms with Gasteiger partial charge in [0.15, 0.2) is 0 Å². The van der Waals surface area contributed by atoms with Crippen molar-refractivity contribution < 1.29 is 9.53 Å². The molecule has 0 aromatic rings. The Kier molecular flexibility index (Phi) is 34.5. The van der Waals surface area contributed by atoms with Gasteiger partial charge in [-0.05, 0) is 38.5 Å². The summed E-state index contributed by atoms with van der Waals surface area (Å²) in [5.41, 5.74) is 0. The van der Waals surface area contributed by atoms with Crippen LogP contribution < -0.4 is 0 Å². The lowest BCUT2D eigenvalue weighted by molar-refractivity contribution is -0.143. The normalized spacial score (nSPS) is 11.5. The summed E-state index contributed by atoms with van der Waals surface area (Å²) in [7, 11) is 0. The molecule has 0 radical (unpaired) electrons. The minimum Gasteiger partial charge on any atom is -0.466 e. The minimum atomic E-state index is 0.0235. The van der Waals surface area contributed by atoms with Crippen molar-refractivity contribution in [1.82, 2.24) is 0 Å². The first-order chi connectivity index (χ1) is 19.3. The first kappa shape index (κ1) is 38.2. The lowest BCUT2D eigenvalue weighted by Crippen LogP contribution is -2.05. The Labute approximate surface area is 246 Å².